The second kappa shape index (κ2) is 13.1. The summed E-state index contributed by atoms with van der Waals surface area (Å²) < 4.78 is 0. The van der Waals surface area contributed by atoms with Crippen LogP contribution in [0, 0.1) is 0 Å². The molecule has 2 atom stereocenters. The van der Waals surface area contributed by atoms with E-state index in [1.54, 1.807) is 19.2 Å². The van der Waals surface area contributed by atoms with E-state index in [4.69, 9.17) is 5.73 Å². The molecule has 2 amide bonds. The Labute approximate surface area is 212 Å². The van der Waals surface area contributed by atoms with Gasteiger partial charge in [0.1, 0.15) is 0 Å². The molecule has 178 valence electrons. The standard InChI is InChI=1S/C24H32N6O2.HI/c1-17-12-21(16-30(17)15-19-6-4-3-5-7-19)29-24(26-2)28-13-18-8-10-20(11-9-18)23(32)27-14-22(25)31;/h3-11,17,21H,12-16H2,1-2H3,(H2,25,31)(H,27,32)(H2,26,28,29);1H. The molecule has 1 aliphatic heterocycles. The molecule has 2 aromatic rings. The number of rotatable bonds is 8. The molecule has 1 fully saturated rings. The molecule has 1 heterocycles. The van der Waals surface area contributed by atoms with Gasteiger partial charge in [0.05, 0.1) is 6.54 Å². The van der Waals surface area contributed by atoms with Gasteiger partial charge in [-0.05, 0) is 36.6 Å². The lowest BCUT2D eigenvalue weighted by Crippen LogP contribution is -2.44. The number of primary amides is 1. The van der Waals surface area contributed by atoms with E-state index in [0.717, 1.165) is 31.0 Å². The van der Waals surface area contributed by atoms with Crippen molar-refractivity contribution in [2.75, 3.05) is 20.1 Å². The minimum absolute atomic E-state index is 0. The molecule has 0 saturated carbocycles. The third kappa shape index (κ3) is 8.32. The van der Waals surface area contributed by atoms with Crippen LogP contribution in [0.4, 0.5) is 0 Å². The van der Waals surface area contributed by atoms with Crippen LogP contribution in [0.1, 0.15) is 34.8 Å². The number of guanidine groups is 1. The first-order valence-corrected chi connectivity index (χ1v) is 10.8. The third-order valence-electron chi connectivity index (χ3n) is 5.60. The minimum Gasteiger partial charge on any atom is -0.368 e. The van der Waals surface area contributed by atoms with Crippen molar-refractivity contribution in [2.45, 2.75) is 38.5 Å². The van der Waals surface area contributed by atoms with Gasteiger partial charge in [0.15, 0.2) is 5.96 Å². The number of carbonyl (C=O) groups excluding carboxylic acids is 2. The van der Waals surface area contributed by atoms with Crippen molar-refractivity contribution in [3.63, 3.8) is 0 Å². The van der Waals surface area contributed by atoms with Gasteiger partial charge in [-0.25, -0.2) is 0 Å². The number of benzene rings is 2. The van der Waals surface area contributed by atoms with E-state index in [2.05, 4.69) is 57.0 Å². The van der Waals surface area contributed by atoms with E-state index in [-0.39, 0.29) is 36.4 Å². The Bertz CT molecular complexity index is 936. The van der Waals surface area contributed by atoms with Crippen molar-refractivity contribution in [3.05, 3.63) is 71.3 Å². The number of nitrogens with zero attached hydrogens (tertiary/aromatic N) is 2. The fourth-order valence-electron chi connectivity index (χ4n) is 3.86. The molecular formula is C24H33IN6O2. The highest BCUT2D eigenvalue weighted by atomic mass is 127. The van der Waals surface area contributed by atoms with Gasteiger partial charge in [-0.15, -0.1) is 24.0 Å². The van der Waals surface area contributed by atoms with Gasteiger partial charge in [-0.3, -0.25) is 19.5 Å². The maximum absolute atomic E-state index is 12.0. The SMILES string of the molecule is CN=C(NCc1ccc(C(=O)NCC(N)=O)cc1)NC1CC(C)N(Cc2ccccc2)C1.I. The highest BCUT2D eigenvalue weighted by Gasteiger charge is 2.29. The minimum atomic E-state index is -0.571. The first kappa shape index (κ1) is 26.6. The smallest absolute Gasteiger partial charge is 0.251 e. The number of carbonyl (C=O) groups is 2. The van der Waals surface area contributed by atoms with Crippen molar-refractivity contribution in [1.82, 2.24) is 20.9 Å². The topological polar surface area (TPSA) is 112 Å². The molecular weight excluding hydrogens is 531 g/mol. The number of nitrogens with two attached hydrogens (primary N) is 1. The average molecular weight is 564 g/mol. The largest absolute Gasteiger partial charge is 0.368 e. The lowest BCUT2D eigenvalue weighted by Gasteiger charge is -2.21. The Morgan fingerprint density at radius 2 is 1.76 bits per heavy atom. The second-order valence-corrected chi connectivity index (χ2v) is 8.11. The molecule has 3 rings (SSSR count). The van der Waals surface area contributed by atoms with Gasteiger partial charge in [-0.2, -0.15) is 0 Å². The Kier molecular flexibility index (Phi) is 10.6. The highest BCUT2D eigenvalue weighted by molar-refractivity contribution is 14.0. The van der Waals surface area contributed by atoms with Crippen LogP contribution < -0.4 is 21.7 Å². The van der Waals surface area contributed by atoms with Crippen molar-refractivity contribution in [3.8, 4) is 0 Å². The lowest BCUT2D eigenvalue weighted by molar-refractivity contribution is -0.117. The zero-order valence-corrected chi connectivity index (χ0v) is 21.4. The van der Waals surface area contributed by atoms with Crippen molar-refractivity contribution in [1.29, 1.82) is 0 Å². The molecule has 0 bridgehead atoms. The molecule has 0 radical (unpaired) electrons. The maximum atomic E-state index is 12.0. The van der Waals surface area contributed by atoms with Gasteiger partial charge in [-0.1, -0.05) is 42.5 Å². The summed E-state index contributed by atoms with van der Waals surface area (Å²) in [6, 6.07) is 18.6. The number of nitrogens with one attached hydrogen (secondary N) is 3. The highest BCUT2D eigenvalue weighted by Crippen LogP contribution is 2.20. The van der Waals surface area contributed by atoms with E-state index in [1.165, 1.54) is 5.56 Å². The number of halogens is 1. The molecule has 0 aromatic heterocycles. The van der Waals surface area contributed by atoms with Crippen molar-refractivity contribution < 1.29 is 9.59 Å². The van der Waals surface area contributed by atoms with Gasteiger partial charge < -0.3 is 21.7 Å². The van der Waals surface area contributed by atoms with Crippen LogP contribution in [-0.4, -0.2) is 54.9 Å². The summed E-state index contributed by atoms with van der Waals surface area (Å²) in [6.07, 6.45) is 1.06. The van der Waals surface area contributed by atoms with Crippen LogP contribution in [0.2, 0.25) is 0 Å². The first-order valence-electron chi connectivity index (χ1n) is 10.8. The normalized spacial score (nSPS) is 18.3. The fourth-order valence-corrected chi connectivity index (χ4v) is 3.86. The molecule has 8 nitrogen and oxygen atoms in total. The monoisotopic (exact) mass is 564 g/mol. The number of amides is 2. The zero-order valence-electron chi connectivity index (χ0n) is 19.1. The molecule has 33 heavy (non-hydrogen) atoms. The Balaban J connectivity index is 0.00000385. The molecule has 0 spiro atoms. The van der Waals surface area contributed by atoms with Crippen molar-refractivity contribution in [2.24, 2.45) is 10.7 Å². The molecule has 5 N–H and O–H groups in total. The predicted octanol–water partition coefficient (Wildman–Crippen LogP) is 1.85. The Morgan fingerprint density at radius 3 is 2.39 bits per heavy atom. The Morgan fingerprint density at radius 1 is 1.06 bits per heavy atom. The quantitative estimate of drug-likeness (QED) is 0.222. The van der Waals surface area contributed by atoms with Crippen molar-refractivity contribution >= 4 is 41.8 Å². The molecule has 2 aromatic carbocycles. The summed E-state index contributed by atoms with van der Waals surface area (Å²) in [5.41, 5.74) is 7.88. The number of aliphatic imine (C=N–C) groups is 1. The van der Waals surface area contributed by atoms with E-state index in [0.29, 0.717) is 24.2 Å². The predicted molar refractivity (Wildman–Crippen MR) is 141 cm³/mol. The van der Waals surface area contributed by atoms with E-state index < -0.39 is 5.91 Å². The van der Waals surface area contributed by atoms with Crippen LogP contribution in [0.15, 0.2) is 59.6 Å². The summed E-state index contributed by atoms with van der Waals surface area (Å²) >= 11 is 0. The average Bonchev–Trinajstić information content (AvgIpc) is 3.14. The third-order valence-corrected chi connectivity index (χ3v) is 5.60. The van der Waals surface area contributed by atoms with Gasteiger partial charge in [0, 0.05) is 44.3 Å². The summed E-state index contributed by atoms with van der Waals surface area (Å²) in [7, 11) is 1.77. The van der Waals surface area contributed by atoms with Gasteiger partial charge in [0.25, 0.3) is 5.91 Å². The molecule has 2 unspecified atom stereocenters. The molecule has 9 heteroatoms. The molecule has 1 aliphatic rings. The summed E-state index contributed by atoms with van der Waals surface area (Å²) in [6.45, 7) is 4.59. The van der Waals surface area contributed by atoms with Crippen LogP contribution in [0.5, 0.6) is 0 Å². The molecule has 1 saturated heterocycles. The molecule has 0 aliphatic carbocycles. The summed E-state index contributed by atoms with van der Waals surface area (Å²) in [4.78, 5) is 29.6. The van der Waals surface area contributed by atoms with Crippen LogP contribution in [-0.2, 0) is 17.9 Å². The number of hydrogen-bond donors (Lipinski definition) is 4. The van der Waals surface area contributed by atoms with Crippen LogP contribution in [0.3, 0.4) is 0 Å². The summed E-state index contributed by atoms with van der Waals surface area (Å²) in [5, 5.41) is 9.35. The van der Waals surface area contributed by atoms with Gasteiger partial charge in [0.2, 0.25) is 5.91 Å². The zero-order chi connectivity index (χ0) is 22.9. The maximum Gasteiger partial charge on any atom is 0.251 e. The van der Waals surface area contributed by atoms with Crippen LogP contribution in [0.25, 0.3) is 0 Å². The fraction of sp³-hybridized carbons (Fsp3) is 0.375. The van der Waals surface area contributed by atoms with Gasteiger partial charge >= 0.3 is 0 Å². The lowest BCUT2D eigenvalue weighted by atomic mass is 10.1. The Hall–Kier alpha value is -2.66. The van der Waals surface area contributed by atoms with E-state index in [9.17, 15) is 9.59 Å². The van der Waals surface area contributed by atoms with E-state index >= 15 is 0 Å². The number of hydrogen-bond acceptors (Lipinski definition) is 4. The first-order chi connectivity index (χ1) is 15.4. The van der Waals surface area contributed by atoms with E-state index in [1.807, 2.05) is 18.2 Å². The number of likely N-dealkylation sites (tertiary alicyclic amines) is 1. The summed E-state index contributed by atoms with van der Waals surface area (Å²) in [5.74, 6) is -0.138. The van der Waals surface area contributed by atoms with Crippen LogP contribution >= 0.6 is 24.0 Å². The second-order valence-electron chi connectivity index (χ2n) is 8.11.